The first-order chi connectivity index (χ1) is 9.83. The molecule has 2 nitrogen and oxygen atoms in total. The summed E-state index contributed by atoms with van der Waals surface area (Å²) < 4.78 is 0. The van der Waals surface area contributed by atoms with Crippen LogP contribution in [0.1, 0.15) is 36.9 Å². The Balaban J connectivity index is 2.08. The molecule has 1 atom stereocenters. The number of aliphatic hydroxyl groups excluding tert-OH is 1. The van der Waals surface area contributed by atoms with Gasteiger partial charge in [0.1, 0.15) is 0 Å². The molecular formula is C18H23NO. The van der Waals surface area contributed by atoms with Crippen molar-refractivity contribution in [2.45, 2.75) is 32.2 Å². The summed E-state index contributed by atoms with van der Waals surface area (Å²) in [4.78, 5) is 0. The molecule has 0 heterocycles. The predicted octanol–water partition coefficient (Wildman–Crippen LogP) is 4.17. The lowest BCUT2D eigenvalue weighted by Crippen LogP contribution is -2.10. The highest BCUT2D eigenvalue weighted by Gasteiger charge is 2.09. The van der Waals surface area contributed by atoms with Gasteiger partial charge in [0.05, 0.1) is 6.04 Å². The summed E-state index contributed by atoms with van der Waals surface area (Å²) in [7, 11) is 0. The number of benzene rings is 2. The second-order valence-electron chi connectivity index (χ2n) is 5.07. The Kier molecular flexibility index (Phi) is 5.63. The summed E-state index contributed by atoms with van der Waals surface area (Å²) >= 11 is 0. The Bertz CT molecular complexity index is 493. The maximum atomic E-state index is 8.94. The molecule has 0 aliphatic heterocycles. The van der Waals surface area contributed by atoms with Gasteiger partial charge in [-0.05, 0) is 36.1 Å². The van der Waals surface area contributed by atoms with Crippen molar-refractivity contribution in [3.63, 3.8) is 0 Å². The third kappa shape index (κ3) is 4.10. The summed E-state index contributed by atoms with van der Waals surface area (Å²) in [5.74, 6) is 0. The van der Waals surface area contributed by atoms with Crippen LogP contribution in [0.15, 0.2) is 54.6 Å². The highest BCUT2D eigenvalue weighted by molar-refractivity contribution is 5.47. The molecule has 106 valence electrons. The number of anilines is 1. The van der Waals surface area contributed by atoms with Gasteiger partial charge in [0.2, 0.25) is 0 Å². The lowest BCUT2D eigenvalue weighted by atomic mass is 10.0. The van der Waals surface area contributed by atoms with Crippen LogP contribution in [0.2, 0.25) is 0 Å². The average molecular weight is 269 g/mol. The van der Waals surface area contributed by atoms with E-state index in [2.05, 4.69) is 66.8 Å². The number of hydrogen-bond donors (Lipinski definition) is 2. The largest absolute Gasteiger partial charge is 0.396 e. The van der Waals surface area contributed by atoms with Crippen LogP contribution in [-0.4, -0.2) is 11.7 Å². The first-order valence-corrected chi connectivity index (χ1v) is 7.34. The summed E-state index contributed by atoms with van der Waals surface area (Å²) in [5.41, 5.74) is 3.63. The average Bonchev–Trinajstić information content (AvgIpc) is 2.50. The molecule has 0 saturated carbocycles. The third-order valence-corrected chi connectivity index (χ3v) is 3.47. The molecule has 0 aliphatic rings. The molecule has 2 N–H and O–H groups in total. The van der Waals surface area contributed by atoms with Crippen LogP contribution in [0.4, 0.5) is 5.69 Å². The molecule has 0 aliphatic carbocycles. The second-order valence-corrected chi connectivity index (χ2v) is 5.07. The summed E-state index contributed by atoms with van der Waals surface area (Å²) in [6.07, 6.45) is 2.98. The molecule has 0 radical (unpaired) electrons. The van der Waals surface area contributed by atoms with Crippen molar-refractivity contribution >= 4 is 5.69 Å². The smallest absolute Gasteiger partial charge is 0.0513 e. The first kappa shape index (κ1) is 14.6. The Hall–Kier alpha value is -1.80. The molecule has 0 saturated heterocycles. The van der Waals surface area contributed by atoms with Gasteiger partial charge in [-0.3, -0.25) is 0 Å². The van der Waals surface area contributed by atoms with Gasteiger partial charge in [0.25, 0.3) is 0 Å². The lowest BCUT2D eigenvalue weighted by Gasteiger charge is -2.20. The quantitative estimate of drug-likeness (QED) is 0.790. The standard InChI is InChI=1S/C18H23NO/c1-2-6-18(16-7-4-3-5-8-16)19-17-11-9-15(10-12-17)13-14-20/h3-5,7-12,18-20H,2,6,13-14H2,1H3. The molecule has 0 bridgehead atoms. The molecule has 0 amide bonds. The summed E-state index contributed by atoms with van der Waals surface area (Å²) in [6, 6.07) is 19.3. The van der Waals surface area contributed by atoms with Gasteiger partial charge in [0.15, 0.2) is 0 Å². The molecule has 20 heavy (non-hydrogen) atoms. The minimum absolute atomic E-state index is 0.204. The minimum Gasteiger partial charge on any atom is -0.396 e. The van der Waals surface area contributed by atoms with Gasteiger partial charge < -0.3 is 10.4 Å². The van der Waals surface area contributed by atoms with E-state index in [1.165, 1.54) is 11.1 Å². The van der Waals surface area contributed by atoms with E-state index in [1.54, 1.807) is 0 Å². The SMILES string of the molecule is CCCC(Nc1ccc(CCO)cc1)c1ccccc1. The van der Waals surface area contributed by atoms with Crippen molar-refractivity contribution in [1.82, 2.24) is 0 Å². The van der Waals surface area contributed by atoms with Gasteiger partial charge in [-0.1, -0.05) is 55.8 Å². The first-order valence-electron chi connectivity index (χ1n) is 7.34. The maximum absolute atomic E-state index is 8.94. The van der Waals surface area contributed by atoms with Crippen LogP contribution in [0, 0.1) is 0 Å². The normalized spacial score (nSPS) is 12.1. The van der Waals surface area contributed by atoms with Crippen molar-refractivity contribution in [2.75, 3.05) is 11.9 Å². The number of nitrogens with one attached hydrogen (secondary N) is 1. The van der Waals surface area contributed by atoms with Crippen molar-refractivity contribution in [1.29, 1.82) is 0 Å². The van der Waals surface area contributed by atoms with Crippen molar-refractivity contribution < 1.29 is 5.11 Å². The molecule has 2 rings (SSSR count). The Morgan fingerprint density at radius 2 is 1.70 bits per heavy atom. The summed E-state index contributed by atoms with van der Waals surface area (Å²) in [5, 5.41) is 12.5. The Morgan fingerprint density at radius 3 is 2.30 bits per heavy atom. The van der Waals surface area contributed by atoms with Crippen LogP contribution >= 0.6 is 0 Å². The van der Waals surface area contributed by atoms with Crippen LogP contribution in [0.5, 0.6) is 0 Å². The Morgan fingerprint density at radius 1 is 1.00 bits per heavy atom. The highest BCUT2D eigenvalue weighted by Crippen LogP contribution is 2.24. The molecule has 2 heteroatoms. The topological polar surface area (TPSA) is 32.3 Å². The van der Waals surface area contributed by atoms with Crippen LogP contribution in [0.25, 0.3) is 0 Å². The van der Waals surface area contributed by atoms with Gasteiger partial charge >= 0.3 is 0 Å². The number of hydrogen-bond acceptors (Lipinski definition) is 2. The van der Waals surface area contributed by atoms with Crippen molar-refractivity contribution in [3.05, 3.63) is 65.7 Å². The van der Waals surface area contributed by atoms with E-state index in [9.17, 15) is 0 Å². The molecule has 2 aromatic carbocycles. The van der Waals surface area contributed by atoms with Crippen LogP contribution in [0.3, 0.4) is 0 Å². The zero-order chi connectivity index (χ0) is 14.2. The fraction of sp³-hybridized carbons (Fsp3) is 0.333. The van der Waals surface area contributed by atoms with E-state index in [0.29, 0.717) is 6.04 Å². The van der Waals surface area contributed by atoms with Gasteiger partial charge in [-0.25, -0.2) is 0 Å². The fourth-order valence-corrected chi connectivity index (χ4v) is 2.39. The zero-order valence-corrected chi connectivity index (χ0v) is 12.0. The predicted molar refractivity (Wildman–Crippen MR) is 84.9 cm³/mol. The van der Waals surface area contributed by atoms with Crippen molar-refractivity contribution in [3.8, 4) is 0 Å². The molecular weight excluding hydrogens is 246 g/mol. The van der Waals surface area contributed by atoms with E-state index in [0.717, 1.165) is 24.9 Å². The summed E-state index contributed by atoms with van der Waals surface area (Å²) in [6.45, 7) is 2.41. The molecule has 0 fully saturated rings. The monoisotopic (exact) mass is 269 g/mol. The van der Waals surface area contributed by atoms with Crippen molar-refractivity contribution in [2.24, 2.45) is 0 Å². The van der Waals surface area contributed by atoms with Gasteiger partial charge in [0, 0.05) is 12.3 Å². The van der Waals surface area contributed by atoms with Gasteiger partial charge in [-0.2, -0.15) is 0 Å². The van der Waals surface area contributed by atoms with E-state index in [4.69, 9.17) is 5.11 Å². The van der Waals surface area contributed by atoms with Crippen LogP contribution in [-0.2, 0) is 6.42 Å². The minimum atomic E-state index is 0.204. The second kappa shape index (κ2) is 7.71. The third-order valence-electron chi connectivity index (χ3n) is 3.47. The fourth-order valence-electron chi connectivity index (χ4n) is 2.39. The lowest BCUT2D eigenvalue weighted by molar-refractivity contribution is 0.299. The van der Waals surface area contributed by atoms with E-state index in [1.807, 2.05) is 0 Å². The van der Waals surface area contributed by atoms with E-state index < -0.39 is 0 Å². The number of aliphatic hydroxyl groups is 1. The number of rotatable bonds is 7. The van der Waals surface area contributed by atoms with Gasteiger partial charge in [-0.15, -0.1) is 0 Å². The highest BCUT2D eigenvalue weighted by atomic mass is 16.2. The molecule has 1 unspecified atom stereocenters. The maximum Gasteiger partial charge on any atom is 0.0513 e. The molecule has 2 aromatic rings. The van der Waals surface area contributed by atoms with E-state index in [-0.39, 0.29) is 6.61 Å². The zero-order valence-electron chi connectivity index (χ0n) is 12.0. The Labute approximate surface area is 121 Å². The van der Waals surface area contributed by atoms with Crippen LogP contribution < -0.4 is 5.32 Å². The van der Waals surface area contributed by atoms with E-state index >= 15 is 0 Å². The molecule has 0 aromatic heterocycles. The molecule has 0 spiro atoms.